The van der Waals surface area contributed by atoms with E-state index < -0.39 is 0 Å². The molecule has 1 saturated heterocycles. The molecule has 1 aliphatic heterocycles. The first-order chi connectivity index (χ1) is 8.97. The van der Waals surface area contributed by atoms with Gasteiger partial charge in [-0.3, -0.25) is 0 Å². The zero-order chi connectivity index (χ0) is 14.4. The standard InChI is InChI=1S/C17H36N2/c1-6-17(7-2,14-18-8-3)15-19-12-9-10-16(4,5)11-13-19/h18H,6-15H2,1-5H3. The molecule has 1 fully saturated rings. The van der Waals surface area contributed by atoms with Crippen LogP contribution in [0.4, 0.5) is 0 Å². The second-order valence-corrected chi connectivity index (χ2v) is 7.28. The van der Waals surface area contributed by atoms with Crippen molar-refractivity contribution in [3.63, 3.8) is 0 Å². The zero-order valence-corrected chi connectivity index (χ0v) is 14.0. The van der Waals surface area contributed by atoms with Crippen molar-refractivity contribution in [3.8, 4) is 0 Å². The molecule has 0 spiro atoms. The van der Waals surface area contributed by atoms with Gasteiger partial charge in [-0.1, -0.05) is 34.6 Å². The van der Waals surface area contributed by atoms with E-state index in [0.717, 1.165) is 6.54 Å². The molecular formula is C17H36N2. The van der Waals surface area contributed by atoms with E-state index in [0.29, 0.717) is 10.8 Å². The highest BCUT2D eigenvalue weighted by molar-refractivity contribution is 4.85. The van der Waals surface area contributed by atoms with Gasteiger partial charge in [-0.2, -0.15) is 0 Å². The van der Waals surface area contributed by atoms with Crippen LogP contribution >= 0.6 is 0 Å². The van der Waals surface area contributed by atoms with E-state index >= 15 is 0 Å². The van der Waals surface area contributed by atoms with Gasteiger partial charge in [0.15, 0.2) is 0 Å². The maximum absolute atomic E-state index is 3.59. The molecule has 2 nitrogen and oxygen atoms in total. The van der Waals surface area contributed by atoms with Crippen molar-refractivity contribution in [2.45, 2.75) is 66.7 Å². The van der Waals surface area contributed by atoms with E-state index in [1.54, 1.807) is 0 Å². The Bertz CT molecular complexity index is 244. The van der Waals surface area contributed by atoms with Gasteiger partial charge in [-0.25, -0.2) is 0 Å². The minimum Gasteiger partial charge on any atom is -0.316 e. The van der Waals surface area contributed by atoms with Gasteiger partial charge in [-0.15, -0.1) is 0 Å². The third-order valence-corrected chi connectivity index (χ3v) is 5.24. The van der Waals surface area contributed by atoms with Crippen LogP contribution in [0.3, 0.4) is 0 Å². The molecule has 1 aliphatic rings. The number of hydrogen-bond acceptors (Lipinski definition) is 2. The van der Waals surface area contributed by atoms with Crippen molar-refractivity contribution in [1.82, 2.24) is 10.2 Å². The van der Waals surface area contributed by atoms with Crippen LogP contribution in [0.5, 0.6) is 0 Å². The third kappa shape index (κ3) is 5.43. The van der Waals surface area contributed by atoms with Crippen molar-refractivity contribution in [1.29, 1.82) is 0 Å². The number of hydrogen-bond donors (Lipinski definition) is 1. The fourth-order valence-corrected chi connectivity index (χ4v) is 3.28. The summed E-state index contributed by atoms with van der Waals surface area (Å²) in [6.45, 7) is 18.0. The predicted octanol–water partition coefficient (Wildman–Crippen LogP) is 3.91. The fourth-order valence-electron chi connectivity index (χ4n) is 3.28. The molecule has 1 heterocycles. The highest BCUT2D eigenvalue weighted by atomic mass is 15.1. The van der Waals surface area contributed by atoms with Crippen molar-refractivity contribution in [2.24, 2.45) is 10.8 Å². The molecule has 0 amide bonds. The summed E-state index contributed by atoms with van der Waals surface area (Å²) in [4.78, 5) is 2.74. The second-order valence-electron chi connectivity index (χ2n) is 7.28. The second kappa shape index (κ2) is 7.64. The SMILES string of the molecule is CCNCC(CC)(CC)CN1CCCC(C)(C)CC1. The molecule has 2 heteroatoms. The largest absolute Gasteiger partial charge is 0.316 e. The lowest BCUT2D eigenvalue weighted by atomic mass is 9.81. The summed E-state index contributed by atoms with van der Waals surface area (Å²) >= 11 is 0. The Morgan fingerprint density at radius 2 is 1.74 bits per heavy atom. The van der Waals surface area contributed by atoms with Crippen molar-refractivity contribution < 1.29 is 0 Å². The van der Waals surface area contributed by atoms with Gasteiger partial charge < -0.3 is 10.2 Å². The van der Waals surface area contributed by atoms with Gasteiger partial charge >= 0.3 is 0 Å². The molecule has 0 saturated carbocycles. The van der Waals surface area contributed by atoms with Crippen LogP contribution in [-0.2, 0) is 0 Å². The molecule has 1 rings (SSSR count). The predicted molar refractivity (Wildman–Crippen MR) is 85.6 cm³/mol. The molecule has 0 bridgehead atoms. The van der Waals surface area contributed by atoms with E-state index in [1.807, 2.05) is 0 Å². The normalized spacial score (nSPS) is 21.3. The summed E-state index contributed by atoms with van der Waals surface area (Å²) in [6, 6.07) is 0. The Morgan fingerprint density at radius 1 is 1.05 bits per heavy atom. The van der Waals surface area contributed by atoms with Crippen LogP contribution in [0.25, 0.3) is 0 Å². The smallest absolute Gasteiger partial charge is 0.00499 e. The van der Waals surface area contributed by atoms with Crippen LogP contribution < -0.4 is 5.32 Å². The van der Waals surface area contributed by atoms with E-state index in [1.165, 1.54) is 58.3 Å². The summed E-state index contributed by atoms with van der Waals surface area (Å²) in [5.74, 6) is 0. The van der Waals surface area contributed by atoms with Crippen LogP contribution in [0.1, 0.15) is 66.7 Å². The monoisotopic (exact) mass is 268 g/mol. The first-order valence-electron chi connectivity index (χ1n) is 8.40. The Morgan fingerprint density at radius 3 is 2.32 bits per heavy atom. The van der Waals surface area contributed by atoms with Crippen molar-refractivity contribution in [3.05, 3.63) is 0 Å². The molecule has 1 N–H and O–H groups in total. The van der Waals surface area contributed by atoms with Crippen LogP contribution in [-0.4, -0.2) is 37.6 Å². The summed E-state index contributed by atoms with van der Waals surface area (Å²) in [5.41, 5.74) is 1.03. The molecule has 0 aromatic heterocycles. The Labute approximate surface area is 121 Å². The summed E-state index contributed by atoms with van der Waals surface area (Å²) in [7, 11) is 0. The van der Waals surface area contributed by atoms with Crippen molar-refractivity contribution >= 4 is 0 Å². The van der Waals surface area contributed by atoms with Crippen LogP contribution in [0.15, 0.2) is 0 Å². The molecular weight excluding hydrogens is 232 g/mol. The summed E-state index contributed by atoms with van der Waals surface area (Å²) in [5, 5.41) is 3.59. The van der Waals surface area contributed by atoms with Gasteiger partial charge in [0.05, 0.1) is 0 Å². The zero-order valence-electron chi connectivity index (χ0n) is 14.0. The van der Waals surface area contributed by atoms with Crippen molar-refractivity contribution in [2.75, 3.05) is 32.7 Å². The minimum atomic E-state index is 0.477. The number of likely N-dealkylation sites (tertiary alicyclic amines) is 1. The van der Waals surface area contributed by atoms with E-state index in [2.05, 4.69) is 44.8 Å². The highest BCUT2D eigenvalue weighted by Gasteiger charge is 2.30. The summed E-state index contributed by atoms with van der Waals surface area (Å²) in [6.07, 6.45) is 6.70. The van der Waals surface area contributed by atoms with E-state index in [4.69, 9.17) is 0 Å². The minimum absolute atomic E-state index is 0.477. The molecule has 0 unspecified atom stereocenters. The molecule has 0 aromatic rings. The number of nitrogens with zero attached hydrogens (tertiary/aromatic N) is 1. The third-order valence-electron chi connectivity index (χ3n) is 5.24. The first-order valence-corrected chi connectivity index (χ1v) is 8.40. The average Bonchev–Trinajstić information content (AvgIpc) is 2.56. The molecule has 114 valence electrons. The van der Waals surface area contributed by atoms with E-state index in [-0.39, 0.29) is 0 Å². The fraction of sp³-hybridized carbons (Fsp3) is 1.00. The molecule has 0 radical (unpaired) electrons. The Kier molecular flexibility index (Phi) is 6.82. The lowest BCUT2D eigenvalue weighted by molar-refractivity contribution is 0.135. The van der Waals surface area contributed by atoms with Crippen LogP contribution in [0.2, 0.25) is 0 Å². The van der Waals surface area contributed by atoms with Crippen LogP contribution in [0, 0.1) is 10.8 Å². The van der Waals surface area contributed by atoms with Gasteiger partial charge in [0.1, 0.15) is 0 Å². The lowest BCUT2D eigenvalue weighted by Gasteiger charge is -2.37. The number of rotatable bonds is 7. The quantitative estimate of drug-likeness (QED) is 0.753. The average molecular weight is 268 g/mol. The van der Waals surface area contributed by atoms with Gasteiger partial charge in [0.25, 0.3) is 0 Å². The molecule has 0 aromatic carbocycles. The topological polar surface area (TPSA) is 15.3 Å². The molecule has 19 heavy (non-hydrogen) atoms. The molecule has 0 atom stereocenters. The van der Waals surface area contributed by atoms with E-state index in [9.17, 15) is 0 Å². The molecule has 0 aliphatic carbocycles. The Balaban J connectivity index is 2.58. The van der Waals surface area contributed by atoms with Gasteiger partial charge in [0.2, 0.25) is 0 Å². The highest BCUT2D eigenvalue weighted by Crippen LogP contribution is 2.32. The van der Waals surface area contributed by atoms with Gasteiger partial charge in [0, 0.05) is 13.1 Å². The summed E-state index contributed by atoms with van der Waals surface area (Å²) < 4.78 is 0. The first kappa shape index (κ1) is 17.0. The number of nitrogens with one attached hydrogen (secondary N) is 1. The maximum Gasteiger partial charge on any atom is 0.00499 e. The maximum atomic E-state index is 3.59. The van der Waals surface area contributed by atoms with Gasteiger partial charge in [-0.05, 0) is 62.6 Å². The Hall–Kier alpha value is -0.0800. The lowest BCUT2D eigenvalue weighted by Crippen LogP contribution is -2.44.